The highest BCUT2D eigenvalue weighted by atomic mass is 16.4. The molecule has 1 heterocycles. The zero-order valence-corrected chi connectivity index (χ0v) is 13.5. The predicted molar refractivity (Wildman–Crippen MR) is 89.4 cm³/mol. The minimum Gasteiger partial charge on any atom is -0.481 e. The Kier molecular flexibility index (Phi) is 6.91. The molecule has 126 valence electrons. The third-order valence-electron chi connectivity index (χ3n) is 4.34. The first kappa shape index (κ1) is 17.3. The molecule has 1 aromatic carbocycles. The van der Waals surface area contributed by atoms with Gasteiger partial charge in [-0.05, 0) is 44.1 Å². The number of nitrogens with one attached hydrogen (secondary N) is 1. The molecule has 2 amide bonds. The minimum atomic E-state index is -0.821. The molecule has 5 nitrogen and oxygen atoms in total. The monoisotopic (exact) mass is 318 g/mol. The van der Waals surface area contributed by atoms with Crippen LogP contribution in [0.4, 0.5) is 4.79 Å². The summed E-state index contributed by atoms with van der Waals surface area (Å²) < 4.78 is 0. The number of carboxylic acids is 1. The van der Waals surface area contributed by atoms with Crippen LogP contribution in [0.25, 0.3) is 0 Å². The number of hydrogen-bond donors (Lipinski definition) is 2. The molecule has 0 aliphatic carbocycles. The lowest BCUT2D eigenvalue weighted by molar-refractivity contribution is -0.137. The van der Waals surface area contributed by atoms with Gasteiger partial charge in [0.1, 0.15) is 0 Å². The van der Waals surface area contributed by atoms with E-state index in [1.807, 2.05) is 23.1 Å². The lowest BCUT2D eigenvalue weighted by Gasteiger charge is -2.36. The lowest BCUT2D eigenvalue weighted by Crippen LogP contribution is -2.49. The summed E-state index contributed by atoms with van der Waals surface area (Å²) in [4.78, 5) is 24.8. The summed E-state index contributed by atoms with van der Waals surface area (Å²) in [5, 5.41) is 11.5. The van der Waals surface area contributed by atoms with Crippen molar-refractivity contribution >= 4 is 12.0 Å². The van der Waals surface area contributed by atoms with Gasteiger partial charge in [-0.25, -0.2) is 4.79 Å². The van der Waals surface area contributed by atoms with Crippen molar-refractivity contribution in [3.63, 3.8) is 0 Å². The van der Waals surface area contributed by atoms with Gasteiger partial charge in [-0.2, -0.15) is 0 Å². The second-order valence-corrected chi connectivity index (χ2v) is 6.10. The van der Waals surface area contributed by atoms with Crippen molar-refractivity contribution in [2.24, 2.45) is 0 Å². The van der Waals surface area contributed by atoms with Gasteiger partial charge in [0, 0.05) is 25.6 Å². The van der Waals surface area contributed by atoms with Crippen molar-refractivity contribution in [1.82, 2.24) is 10.2 Å². The van der Waals surface area contributed by atoms with Gasteiger partial charge in [0.15, 0.2) is 0 Å². The number of amides is 2. The Bertz CT molecular complexity index is 504. The van der Waals surface area contributed by atoms with E-state index in [2.05, 4.69) is 17.4 Å². The standard InChI is InChI=1S/C18H26N2O3/c21-17(22)10-6-13-19-18(23)20-14-5-4-9-16(20)12-11-15-7-2-1-3-8-15/h1-3,7-8,16H,4-6,9-14H2,(H,19,23)(H,21,22)/t16-/m0/s1. The number of carboxylic acid groups (broad SMARTS) is 1. The van der Waals surface area contributed by atoms with Crippen LogP contribution in [-0.4, -0.2) is 41.1 Å². The second-order valence-electron chi connectivity index (χ2n) is 6.10. The number of rotatable bonds is 7. The summed E-state index contributed by atoms with van der Waals surface area (Å²) in [5.41, 5.74) is 1.31. The van der Waals surface area contributed by atoms with Crippen molar-refractivity contribution in [3.05, 3.63) is 35.9 Å². The van der Waals surface area contributed by atoms with E-state index in [4.69, 9.17) is 5.11 Å². The molecule has 5 heteroatoms. The number of piperidine rings is 1. The summed E-state index contributed by atoms with van der Waals surface area (Å²) in [6, 6.07) is 10.6. The maximum atomic E-state index is 12.3. The van der Waals surface area contributed by atoms with Gasteiger partial charge in [0.05, 0.1) is 0 Å². The molecular weight excluding hydrogens is 292 g/mol. The van der Waals surface area contributed by atoms with E-state index in [0.717, 1.165) is 32.2 Å². The largest absolute Gasteiger partial charge is 0.481 e. The van der Waals surface area contributed by atoms with Gasteiger partial charge >= 0.3 is 12.0 Å². The minimum absolute atomic E-state index is 0.0480. The van der Waals surface area contributed by atoms with Gasteiger partial charge in [0.2, 0.25) is 0 Å². The van der Waals surface area contributed by atoms with Crippen LogP contribution in [0, 0.1) is 0 Å². The first-order valence-corrected chi connectivity index (χ1v) is 8.47. The van der Waals surface area contributed by atoms with Gasteiger partial charge in [-0.15, -0.1) is 0 Å². The van der Waals surface area contributed by atoms with Crippen molar-refractivity contribution < 1.29 is 14.7 Å². The molecule has 1 aliphatic rings. The highest BCUT2D eigenvalue weighted by Crippen LogP contribution is 2.21. The van der Waals surface area contributed by atoms with E-state index < -0.39 is 5.97 Å². The first-order valence-electron chi connectivity index (χ1n) is 8.47. The number of hydrogen-bond acceptors (Lipinski definition) is 2. The Labute approximate surface area is 137 Å². The van der Waals surface area contributed by atoms with Gasteiger partial charge < -0.3 is 15.3 Å². The Morgan fingerprint density at radius 3 is 2.74 bits per heavy atom. The molecule has 1 atom stereocenters. The van der Waals surface area contributed by atoms with Crippen LogP contribution < -0.4 is 5.32 Å². The summed E-state index contributed by atoms with van der Waals surface area (Å²) in [7, 11) is 0. The zero-order valence-electron chi connectivity index (χ0n) is 13.5. The fourth-order valence-electron chi connectivity index (χ4n) is 3.08. The predicted octanol–water partition coefficient (Wildman–Crippen LogP) is 3.05. The maximum absolute atomic E-state index is 12.3. The van der Waals surface area contributed by atoms with Crippen LogP contribution in [0.3, 0.4) is 0 Å². The van der Waals surface area contributed by atoms with Crippen molar-refractivity contribution in [1.29, 1.82) is 0 Å². The highest BCUT2D eigenvalue weighted by Gasteiger charge is 2.26. The molecular formula is C18H26N2O3. The Balaban J connectivity index is 1.80. The number of likely N-dealkylation sites (tertiary alicyclic amines) is 1. The van der Waals surface area contributed by atoms with E-state index in [0.29, 0.717) is 13.0 Å². The third kappa shape index (κ3) is 5.93. The van der Waals surface area contributed by atoms with Crippen LogP contribution in [0.15, 0.2) is 30.3 Å². The molecule has 1 saturated heterocycles. The van der Waals surface area contributed by atoms with Crippen molar-refractivity contribution in [2.75, 3.05) is 13.1 Å². The molecule has 1 aliphatic heterocycles. The van der Waals surface area contributed by atoms with Crippen LogP contribution in [-0.2, 0) is 11.2 Å². The molecule has 2 rings (SSSR count). The van der Waals surface area contributed by atoms with E-state index in [9.17, 15) is 9.59 Å². The number of aryl methyl sites for hydroxylation is 1. The molecule has 1 fully saturated rings. The van der Waals surface area contributed by atoms with Crippen LogP contribution in [0.2, 0.25) is 0 Å². The molecule has 0 saturated carbocycles. The Morgan fingerprint density at radius 2 is 2.00 bits per heavy atom. The first-order chi connectivity index (χ1) is 11.2. The molecule has 0 bridgehead atoms. The zero-order chi connectivity index (χ0) is 16.5. The van der Waals surface area contributed by atoms with E-state index in [1.54, 1.807) is 0 Å². The summed E-state index contributed by atoms with van der Waals surface area (Å²) in [6.07, 6.45) is 5.80. The van der Waals surface area contributed by atoms with Crippen LogP contribution >= 0.6 is 0 Å². The number of nitrogens with zero attached hydrogens (tertiary/aromatic N) is 1. The molecule has 1 aromatic rings. The van der Waals surface area contributed by atoms with Crippen molar-refractivity contribution in [3.8, 4) is 0 Å². The summed E-state index contributed by atoms with van der Waals surface area (Å²) in [5.74, 6) is -0.821. The van der Waals surface area contributed by atoms with Crippen molar-refractivity contribution in [2.45, 2.75) is 51.0 Å². The molecule has 0 spiro atoms. The molecule has 23 heavy (non-hydrogen) atoms. The smallest absolute Gasteiger partial charge is 0.317 e. The number of aliphatic carboxylic acids is 1. The van der Waals surface area contributed by atoms with Gasteiger partial charge in [-0.3, -0.25) is 4.79 Å². The topological polar surface area (TPSA) is 69.6 Å². The summed E-state index contributed by atoms with van der Waals surface area (Å²) in [6.45, 7) is 1.22. The van der Waals surface area contributed by atoms with E-state index in [1.165, 1.54) is 12.0 Å². The quantitative estimate of drug-likeness (QED) is 0.759. The number of benzene rings is 1. The molecule has 2 N–H and O–H groups in total. The van der Waals surface area contributed by atoms with Crippen LogP contribution in [0.1, 0.15) is 44.1 Å². The third-order valence-corrected chi connectivity index (χ3v) is 4.34. The van der Waals surface area contributed by atoms with Gasteiger partial charge in [0.25, 0.3) is 0 Å². The maximum Gasteiger partial charge on any atom is 0.317 e. The Hall–Kier alpha value is -2.04. The molecule has 0 unspecified atom stereocenters. The van der Waals surface area contributed by atoms with E-state index in [-0.39, 0.29) is 18.5 Å². The average molecular weight is 318 g/mol. The average Bonchev–Trinajstić information content (AvgIpc) is 2.58. The van der Waals surface area contributed by atoms with Gasteiger partial charge in [-0.1, -0.05) is 30.3 Å². The number of urea groups is 1. The number of carbonyl (C=O) groups excluding carboxylic acids is 1. The SMILES string of the molecule is O=C(O)CCCNC(=O)N1CCCC[C@H]1CCc1ccccc1. The molecule has 0 aromatic heterocycles. The summed E-state index contributed by atoms with van der Waals surface area (Å²) >= 11 is 0. The molecule has 0 radical (unpaired) electrons. The highest BCUT2D eigenvalue weighted by molar-refractivity contribution is 5.74. The number of carbonyl (C=O) groups is 2. The second kappa shape index (κ2) is 9.18. The lowest BCUT2D eigenvalue weighted by atomic mass is 9.96. The normalized spacial score (nSPS) is 17.7. The Morgan fingerprint density at radius 1 is 1.22 bits per heavy atom. The van der Waals surface area contributed by atoms with Crippen LogP contribution in [0.5, 0.6) is 0 Å². The van der Waals surface area contributed by atoms with E-state index >= 15 is 0 Å². The fourth-order valence-corrected chi connectivity index (χ4v) is 3.08. The fraction of sp³-hybridized carbons (Fsp3) is 0.556.